The van der Waals surface area contributed by atoms with E-state index in [0.717, 1.165) is 16.7 Å². The van der Waals surface area contributed by atoms with E-state index in [-0.39, 0.29) is 5.56 Å². The summed E-state index contributed by atoms with van der Waals surface area (Å²) in [6, 6.07) is 10.6. The predicted octanol–water partition coefficient (Wildman–Crippen LogP) is 3.59. The maximum Gasteiger partial charge on any atom is 0.335 e. The zero-order chi connectivity index (χ0) is 15.4. The quantitative estimate of drug-likeness (QED) is 0.912. The van der Waals surface area contributed by atoms with Crippen molar-refractivity contribution in [2.75, 3.05) is 7.11 Å². The molecule has 0 saturated carbocycles. The highest BCUT2D eigenvalue weighted by atomic mass is 16.5. The van der Waals surface area contributed by atoms with Crippen molar-refractivity contribution in [2.45, 2.75) is 20.5 Å². The molecule has 0 aliphatic carbocycles. The fourth-order valence-corrected chi connectivity index (χ4v) is 2.15. The van der Waals surface area contributed by atoms with Crippen molar-refractivity contribution in [2.24, 2.45) is 0 Å². The summed E-state index contributed by atoms with van der Waals surface area (Å²) in [7, 11) is 1.53. The maximum atomic E-state index is 11.0. The van der Waals surface area contributed by atoms with Gasteiger partial charge in [-0.15, -0.1) is 0 Å². The normalized spacial score (nSPS) is 10.2. The molecule has 2 aromatic carbocycles. The summed E-state index contributed by atoms with van der Waals surface area (Å²) in [6.07, 6.45) is 0. The molecule has 0 atom stereocenters. The van der Waals surface area contributed by atoms with Crippen molar-refractivity contribution in [1.29, 1.82) is 0 Å². The van der Waals surface area contributed by atoms with E-state index < -0.39 is 5.97 Å². The molecule has 2 aromatic rings. The van der Waals surface area contributed by atoms with Gasteiger partial charge in [-0.1, -0.05) is 18.2 Å². The molecule has 1 N–H and O–H groups in total. The lowest BCUT2D eigenvalue weighted by Crippen LogP contribution is -2.03. The summed E-state index contributed by atoms with van der Waals surface area (Å²) in [5, 5.41) is 9.05. The number of aryl methyl sites for hydroxylation is 2. The van der Waals surface area contributed by atoms with Crippen LogP contribution in [0.3, 0.4) is 0 Å². The van der Waals surface area contributed by atoms with Gasteiger partial charge in [0.25, 0.3) is 0 Å². The summed E-state index contributed by atoms with van der Waals surface area (Å²) in [5.41, 5.74) is 3.55. The fourth-order valence-electron chi connectivity index (χ4n) is 2.15. The first-order chi connectivity index (χ1) is 10.0. The van der Waals surface area contributed by atoms with Crippen LogP contribution in [-0.4, -0.2) is 18.2 Å². The van der Waals surface area contributed by atoms with Crippen LogP contribution in [0.15, 0.2) is 36.4 Å². The Morgan fingerprint density at radius 3 is 2.33 bits per heavy atom. The van der Waals surface area contributed by atoms with E-state index in [0.29, 0.717) is 18.1 Å². The lowest BCUT2D eigenvalue weighted by Gasteiger charge is -2.14. The van der Waals surface area contributed by atoms with Crippen LogP contribution in [0, 0.1) is 13.8 Å². The number of ether oxygens (including phenoxy) is 2. The Balaban J connectivity index is 2.26. The minimum atomic E-state index is -0.991. The van der Waals surface area contributed by atoms with Crippen molar-refractivity contribution >= 4 is 5.97 Å². The summed E-state index contributed by atoms with van der Waals surface area (Å²) in [4.78, 5) is 11.0. The standard InChI is InChI=1S/C17H18O4/c1-11-5-4-6-12(2)14(11)10-21-16-9-13(17(18)19)7-8-15(16)20-3/h4-9H,10H2,1-3H3,(H,18,19). The Morgan fingerprint density at radius 1 is 1.10 bits per heavy atom. The molecule has 0 aliphatic heterocycles. The van der Waals surface area contributed by atoms with Crippen molar-refractivity contribution < 1.29 is 19.4 Å². The predicted molar refractivity (Wildman–Crippen MR) is 80.2 cm³/mol. The first-order valence-electron chi connectivity index (χ1n) is 6.62. The first kappa shape index (κ1) is 14.9. The van der Waals surface area contributed by atoms with Crippen LogP contribution in [0.5, 0.6) is 11.5 Å². The fraction of sp³-hybridized carbons (Fsp3) is 0.235. The number of carboxylic acids is 1. The molecule has 0 heterocycles. The molecule has 0 amide bonds. The van der Waals surface area contributed by atoms with Crippen molar-refractivity contribution in [3.8, 4) is 11.5 Å². The number of aromatic carboxylic acids is 1. The van der Waals surface area contributed by atoms with E-state index in [9.17, 15) is 4.79 Å². The van der Waals surface area contributed by atoms with E-state index in [1.54, 1.807) is 6.07 Å². The highest BCUT2D eigenvalue weighted by molar-refractivity contribution is 5.88. The second-order valence-electron chi connectivity index (χ2n) is 4.83. The maximum absolute atomic E-state index is 11.0. The third kappa shape index (κ3) is 3.34. The number of hydrogen-bond acceptors (Lipinski definition) is 3. The average Bonchev–Trinajstić information content (AvgIpc) is 2.46. The molecule has 0 spiro atoms. The lowest BCUT2D eigenvalue weighted by molar-refractivity contribution is 0.0696. The Morgan fingerprint density at radius 2 is 1.76 bits per heavy atom. The second kappa shape index (κ2) is 6.31. The van der Waals surface area contributed by atoms with Gasteiger partial charge in [0.2, 0.25) is 0 Å². The van der Waals surface area contributed by atoms with Crippen LogP contribution < -0.4 is 9.47 Å². The van der Waals surface area contributed by atoms with Gasteiger partial charge in [-0.3, -0.25) is 0 Å². The highest BCUT2D eigenvalue weighted by Gasteiger charge is 2.11. The molecule has 0 saturated heterocycles. The van der Waals surface area contributed by atoms with Crippen molar-refractivity contribution in [3.05, 3.63) is 58.7 Å². The number of carbonyl (C=O) groups is 1. The molecular weight excluding hydrogens is 268 g/mol. The number of rotatable bonds is 5. The van der Waals surface area contributed by atoms with Crippen LogP contribution in [0.1, 0.15) is 27.0 Å². The van der Waals surface area contributed by atoms with E-state index in [1.165, 1.54) is 19.2 Å². The number of benzene rings is 2. The Bertz CT molecular complexity index is 642. The monoisotopic (exact) mass is 286 g/mol. The zero-order valence-electron chi connectivity index (χ0n) is 12.3. The van der Waals surface area contributed by atoms with Crippen LogP contribution in [0.25, 0.3) is 0 Å². The van der Waals surface area contributed by atoms with E-state index in [2.05, 4.69) is 0 Å². The molecule has 4 nitrogen and oxygen atoms in total. The smallest absolute Gasteiger partial charge is 0.335 e. The van der Waals surface area contributed by atoms with E-state index in [1.807, 2.05) is 32.0 Å². The molecule has 4 heteroatoms. The van der Waals surface area contributed by atoms with E-state index >= 15 is 0 Å². The van der Waals surface area contributed by atoms with Crippen LogP contribution in [0.2, 0.25) is 0 Å². The van der Waals surface area contributed by atoms with Gasteiger partial charge in [0.1, 0.15) is 6.61 Å². The van der Waals surface area contributed by atoms with Gasteiger partial charge in [0.15, 0.2) is 11.5 Å². The minimum Gasteiger partial charge on any atom is -0.493 e. The third-order valence-electron chi connectivity index (χ3n) is 3.43. The lowest BCUT2D eigenvalue weighted by atomic mass is 10.0. The van der Waals surface area contributed by atoms with Gasteiger partial charge in [-0.25, -0.2) is 4.79 Å². The molecule has 0 unspecified atom stereocenters. The molecule has 2 rings (SSSR count). The molecule has 0 bridgehead atoms. The zero-order valence-corrected chi connectivity index (χ0v) is 12.3. The van der Waals surface area contributed by atoms with Gasteiger partial charge in [0, 0.05) is 0 Å². The van der Waals surface area contributed by atoms with Crippen LogP contribution in [0.4, 0.5) is 0 Å². The van der Waals surface area contributed by atoms with Gasteiger partial charge < -0.3 is 14.6 Å². The van der Waals surface area contributed by atoms with Gasteiger partial charge in [-0.05, 0) is 48.7 Å². The number of carboxylic acid groups (broad SMARTS) is 1. The largest absolute Gasteiger partial charge is 0.493 e. The van der Waals surface area contributed by atoms with Crippen LogP contribution in [-0.2, 0) is 6.61 Å². The Hall–Kier alpha value is -2.49. The highest BCUT2D eigenvalue weighted by Crippen LogP contribution is 2.29. The topological polar surface area (TPSA) is 55.8 Å². The second-order valence-corrected chi connectivity index (χ2v) is 4.83. The molecule has 21 heavy (non-hydrogen) atoms. The SMILES string of the molecule is COc1ccc(C(=O)O)cc1OCc1c(C)cccc1C. The average molecular weight is 286 g/mol. The summed E-state index contributed by atoms with van der Waals surface area (Å²) in [5.74, 6) is -0.0409. The molecule has 0 radical (unpaired) electrons. The third-order valence-corrected chi connectivity index (χ3v) is 3.43. The van der Waals surface area contributed by atoms with Crippen LogP contribution >= 0.6 is 0 Å². The van der Waals surface area contributed by atoms with Crippen molar-refractivity contribution in [3.63, 3.8) is 0 Å². The summed E-state index contributed by atoms with van der Waals surface area (Å²) < 4.78 is 11.0. The Labute approximate surface area is 123 Å². The van der Waals surface area contributed by atoms with Gasteiger partial charge in [0.05, 0.1) is 12.7 Å². The Kier molecular flexibility index (Phi) is 4.48. The minimum absolute atomic E-state index is 0.173. The molecular formula is C17H18O4. The van der Waals surface area contributed by atoms with E-state index in [4.69, 9.17) is 14.6 Å². The molecule has 0 aromatic heterocycles. The molecule has 0 fully saturated rings. The number of methoxy groups -OCH3 is 1. The van der Waals surface area contributed by atoms with Gasteiger partial charge in [-0.2, -0.15) is 0 Å². The first-order valence-corrected chi connectivity index (χ1v) is 6.62. The number of hydrogen-bond donors (Lipinski definition) is 1. The van der Waals surface area contributed by atoms with Gasteiger partial charge >= 0.3 is 5.97 Å². The van der Waals surface area contributed by atoms with Crippen molar-refractivity contribution in [1.82, 2.24) is 0 Å². The molecule has 0 aliphatic rings. The summed E-state index contributed by atoms with van der Waals surface area (Å²) in [6.45, 7) is 4.42. The summed E-state index contributed by atoms with van der Waals surface area (Å²) >= 11 is 0. The molecule has 110 valence electrons.